The molecule has 1 aromatic carbocycles. The molecular formula is C23H22N6O. The Labute approximate surface area is 174 Å². The van der Waals surface area contributed by atoms with Crippen molar-refractivity contribution in [2.75, 3.05) is 13.1 Å². The van der Waals surface area contributed by atoms with Crippen molar-refractivity contribution in [3.8, 4) is 11.3 Å². The first-order chi connectivity index (χ1) is 14.7. The number of hydrogen-bond donors (Lipinski definition) is 0. The maximum Gasteiger partial charge on any atom is 0.255 e. The first-order valence-corrected chi connectivity index (χ1v) is 10.1. The number of carbonyl (C=O) groups is 1. The van der Waals surface area contributed by atoms with Gasteiger partial charge in [0.2, 0.25) is 0 Å². The molecule has 0 spiro atoms. The zero-order chi connectivity index (χ0) is 20.5. The number of benzene rings is 1. The summed E-state index contributed by atoms with van der Waals surface area (Å²) in [5, 5.41) is 7.57. The first kappa shape index (κ1) is 18.4. The summed E-state index contributed by atoms with van der Waals surface area (Å²) in [7, 11) is 2.01. The van der Waals surface area contributed by atoms with E-state index in [1.54, 1.807) is 12.3 Å². The number of imidazole rings is 1. The van der Waals surface area contributed by atoms with E-state index < -0.39 is 0 Å². The molecule has 1 aliphatic rings. The molecule has 5 rings (SSSR count). The number of piperidine rings is 1. The molecule has 0 N–H and O–H groups in total. The quantitative estimate of drug-likeness (QED) is 0.528. The van der Waals surface area contributed by atoms with Gasteiger partial charge in [-0.25, -0.2) is 4.98 Å². The lowest BCUT2D eigenvalue weighted by Crippen LogP contribution is -2.38. The molecule has 7 nitrogen and oxygen atoms in total. The topological polar surface area (TPSA) is 76.8 Å². The Bertz CT molecular complexity index is 1180. The maximum absolute atomic E-state index is 12.7. The van der Waals surface area contributed by atoms with Gasteiger partial charge in [-0.05, 0) is 25.0 Å². The van der Waals surface area contributed by atoms with Crippen molar-refractivity contribution >= 4 is 16.9 Å². The van der Waals surface area contributed by atoms with Gasteiger partial charge in [-0.15, -0.1) is 0 Å². The van der Waals surface area contributed by atoms with Crippen LogP contribution in [0, 0.1) is 0 Å². The smallest absolute Gasteiger partial charge is 0.255 e. The van der Waals surface area contributed by atoms with Crippen LogP contribution < -0.4 is 0 Å². The molecule has 30 heavy (non-hydrogen) atoms. The summed E-state index contributed by atoms with van der Waals surface area (Å²) in [5.74, 6) is 0.328. The number of fused-ring (bicyclic) bond motifs is 1. The third-order valence-electron chi connectivity index (χ3n) is 5.81. The predicted molar refractivity (Wildman–Crippen MR) is 114 cm³/mol. The maximum atomic E-state index is 12.7. The van der Waals surface area contributed by atoms with Gasteiger partial charge in [0.05, 0.1) is 35.5 Å². The van der Waals surface area contributed by atoms with Crippen LogP contribution in [-0.4, -0.2) is 48.6 Å². The van der Waals surface area contributed by atoms with Gasteiger partial charge in [-0.1, -0.05) is 30.3 Å². The number of rotatable bonds is 3. The lowest BCUT2D eigenvalue weighted by atomic mass is 9.92. The van der Waals surface area contributed by atoms with Crippen LogP contribution in [0.25, 0.3) is 22.3 Å². The fourth-order valence-corrected chi connectivity index (χ4v) is 4.13. The van der Waals surface area contributed by atoms with Crippen molar-refractivity contribution in [2.24, 2.45) is 7.05 Å². The Morgan fingerprint density at radius 2 is 1.87 bits per heavy atom. The Hall–Kier alpha value is -3.61. The molecule has 1 aliphatic heterocycles. The van der Waals surface area contributed by atoms with Gasteiger partial charge in [-0.2, -0.15) is 10.2 Å². The van der Waals surface area contributed by atoms with Gasteiger partial charge in [0, 0.05) is 37.3 Å². The lowest BCUT2D eigenvalue weighted by molar-refractivity contribution is 0.0711. The Kier molecular flexibility index (Phi) is 4.71. The van der Waals surface area contributed by atoms with Crippen molar-refractivity contribution in [3.05, 3.63) is 72.4 Å². The predicted octanol–water partition coefficient (Wildman–Crippen LogP) is 3.45. The van der Waals surface area contributed by atoms with Crippen molar-refractivity contribution < 1.29 is 4.79 Å². The minimum absolute atomic E-state index is 0.0170. The minimum atomic E-state index is 0.0170. The molecule has 0 aliphatic carbocycles. The van der Waals surface area contributed by atoms with E-state index in [0.717, 1.165) is 40.8 Å². The van der Waals surface area contributed by atoms with Crippen LogP contribution in [0.4, 0.5) is 0 Å². The summed E-state index contributed by atoms with van der Waals surface area (Å²) >= 11 is 0. The zero-order valence-corrected chi connectivity index (χ0v) is 16.8. The summed E-state index contributed by atoms with van der Waals surface area (Å²) in [6.45, 7) is 1.41. The van der Waals surface area contributed by atoms with Crippen LogP contribution in [0.1, 0.15) is 34.8 Å². The Balaban J connectivity index is 1.42. The second kappa shape index (κ2) is 7.67. The second-order valence-electron chi connectivity index (χ2n) is 7.68. The van der Waals surface area contributed by atoms with Crippen molar-refractivity contribution in [1.82, 2.24) is 29.6 Å². The Morgan fingerprint density at radius 3 is 2.60 bits per heavy atom. The van der Waals surface area contributed by atoms with Gasteiger partial charge in [0.25, 0.3) is 5.91 Å². The molecule has 4 aromatic rings. The number of hydrogen-bond acceptors (Lipinski definition) is 5. The van der Waals surface area contributed by atoms with E-state index in [2.05, 4.69) is 33.4 Å². The normalized spacial score (nSPS) is 14.9. The minimum Gasteiger partial charge on any atom is -0.339 e. The number of pyridine rings is 1. The third kappa shape index (κ3) is 3.32. The van der Waals surface area contributed by atoms with E-state index in [4.69, 9.17) is 4.98 Å². The summed E-state index contributed by atoms with van der Waals surface area (Å²) < 4.78 is 2.04. The van der Waals surface area contributed by atoms with Gasteiger partial charge < -0.3 is 9.47 Å². The van der Waals surface area contributed by atoms with Gasteiger partial charge >= 0.3 is 0 Å². The highest BCUT2D eigenvalue weighted by atomic mass is 16.2. The standard InChI is InChI=1S/C23H22N6O/c1-28-15-24-22-20(28)13-19(27-21(22)17-5-3-2-4-6-17)16-8-11-29(12-9-16)23(30)18-7-10-25-26-14-18/h2-7,10,13-16H,8-9,11-12H2,1H3. The van der Waals surface area contributed by atoms with Gasteiger partial charge in [0.1, 0.15) is 5.52 Å². The van der Waals surface area contributed by atoms with Crippen LogP contribution in [0.2, 0.25) is 0 Å². The molecule has 0 saturated carbocycles. The van der Waals surface area contributed by atoms with Crippen LogP contribution in [0.5, 0.6) is 0 Å². The van der Waals surface area contributed by atoms with E-state index in [0.29, 0.717) is 24.6 Å². The summed E-state index contributed by atoms with van der Waals surface area (Å²) in [5.41, 5.74) is 5.66. The van der Waals surface area contributed by atoms with Crippen molar-refractivity contribution in [2.45, 2.75) is 18.8 Å². The average molecular weight is 398 g/mol. The average Bonchev–Trinajstić information content (AvgIpc) is 3.20. The van der Waals surface area contributed by atoms with Gasteiger partial charge in [-0.3, -0.25) is 9.78 Å². The molecule has 3 aromatic heterocycles. The van der Waals surface area contributed by atoms with Crippen LogP contribution in [0.3, 0.4) is 0 Å². The molecule has 150 valence electrons. The van der Waals surface area contributed by atoms with Gasteiger partial charge in [0.15, 0.2) is 0 Å². The molecule has 0 bridgehead atoms. The van der Waals surface area contributed by atoms with Crippen molar-refractivity contribution in [3.63, 3.8) is 0 Å². The number of aryl methyl sites for hydroxylation is 1. The highest BCUT2D eigenvalue weighted by molar-refractivity contribution is 5.94. The fraction of sp³-hybridized carbons (Fsp3) is 0.261. The highest BCUT2D eigenvalue weighted by Gasteiger charge is 2.26. The molecule has 1 fully saturated rings. The molecule has 4 heterocycles. The number of likely N-dealkylation sites (tertiary alicyclic amines) is 1. The molecule has 1 amide bonds. The van der Waals surface area contributed by atoms with Crippen LogP contribution in [-0.2, 0) is 7.05 Å². The zero-order valence-electron chi connectivity index (χ0n) is 16.8. The monoisotopic (exact) mass is 398 g/mol. The summed E-state index contributed by atoms with van der Waals surface area (Å²) in [6, 6.07) is 14.1. The Morgan fingerprint density at radius 1 is 1.07 bits per heavy atom. The molecule has 0 radical (unpaired) electrons. The first-order valence-electron chi connectivity index (χ1n) is 10.1. The number of nitrogens with zero attached hydrogens (tertiary/aromatic N) is 6. The number of carbonyl (C=O) groups excluding carboxylic acids is 1. The third-order valence-corrected chi connectivity index (χ3v) is 5.81. The SMILES string of the molecule is Cn1cnc2c(-c3ccccc3)nc(C3CCN(C(=O)c4ccnnc4)CC3)cc21. The molecular weight excluding hydrogens is 376 g/mol. The summed E-state index contributed by atoms with van der Waals surface area (Å²) in [4.78, 5) is 24.2. The van der Waals surface area contributed by atoms with E-state index >= 15 is 0 Å². The molecule has 1 saturated heterocycles. The van der Waals surface area contributed by atoms with E-state index in [1.807, 2.05) is 41.0 Å². The summed E-state index contributed by atoms with van der Waals surface area (Å²) in [6.07, 6.45) is 6.69. The van der Waals surface area contributed by atoms with Crippen molar-refractivity contribution in [1.29, 1.82) is 0 Å². The fourth-order valence-electron chi connectivity index (χ4n) is 4.13. The molecule has 0 unspecified atom stereocenters. The van der Waals surface area contributed by atoms with Crippen LogP contribution >= 0.6 is 0 Å². The number of aromatic nitrogens is 5. The largest absolute Gasteiger partial charge is 0.339 e. The molecule has 0 atom stereocenters. The number of amides is 1. The lowest BCUT2D eigenvalue weighted by Gasteiger charge is -2.32. The van der Waals surface area contributed by atoms with Crippen LogP contribution in [0.15, 0.2) is 61.2 Å². The highest BCUT2D eigenvalue weighted by Crippen LogP contribution is 2.33. The molecule has 7 heteroatoms. The van der Waals surface area contributed by atoms with E-state index in [-0.39, 0.29) is 5.91 Å². The van der Waals surface area contributed by atoms with E-state index in [1.165, 1.54) is 6.20 Å². The van der Waals surface area contributed by atoms with E-state index in [9.17, 15) is 4.79 Å². The second-order valence-corrected chi connectivity index (χ2v) is 7.68.